The molecule has 0 radical (unpaired) electrons. The van der Waals surface area contributed by atoms with Crippen molar-refractivity contribution in [3.8, 4) is 0 Å². The van der Waals surface area contributed by atoms with Crippen molar-refractivity contribution < 1.29 is 34.3 Å². The van der Waals surface area contributed by atoms with Gasteiger partial charge in [-0.1, -0.05) is 20.8 Å². The summed E-state index contributed by atoms with van der Waals surface area (Å²) in [5.74, 6) is 0.327. The molecule has 32 heavy (non-hydrogen) atoms. The first kappa shape index (κ1) is 29.4. The maximum absolute atomic E-state index is 11.4. The van der Waals surface area contributed by atoms with Gasteiger partial charge in [0.05, 0.1) is 24.9 Å². The summed E-state index contributed by atoms with van der Waals surface area (Å²) in [4.78, 5) is 13.1. The molecule has 190 valence electrons. The number of nitrogens with zero attached hydrogens (tertiary/aromatic N) is 1. The Morgan fingerprint density at radius 3 is 2.44 bits per heavy atom. The van der Waals surface area contributed by atoms with Gasteiger partial charge in [-0.05, 0) is 58.4 Å². The van der Waals surface area contributed by atoms with Gasteiger partial charge in [-0.2, -0.15) is 0 Å². The Labute approximate surface area is 194 Å². The SMILES string of the molecule is COC[C@@](C)(O)C(O)N(C)CC(C)CC(O)CC[C@H](O[C@H]1CC(C)CC(C)O1)C(C)C=O. The van der Waals surface area contributed by atoms with Crippen LogP contribution in [0.1, 0.15) is 66.7 Å². The summed E-state index contributed by atoms with van der Waals surface area (Å²) in [6.45, 7) is 10.1. The molecule has 1 heterocycles. The number of hydrogen-bond donors (Lipinski definition) is 3. The molecule has 1 aliphatic rings. The van der Waals surface area contributed by atoms with Crippen molar-refractivity contribution in [1.82, 2.24) is 4.90 Å². The van der Waals surface area contributed by atoms with E-state index in [0.717, 1.165) is 19.1 Å². The summed E-state index contributed by atoms with van der Waals surface area (Å²) in [6, 6.07) is 0. The highest BCUT2D eigenvalue weighted by Gasteiger charge is 2.34. The number of carbonyl (C=O) groups is 1. The van der Waals surface area contributed by atoms with Crippen LogP contribution in [-0.2, 0) is 19.0 Å². The lowest BCUT2D eigenvalue weighted by Gasteiger charge is -2.36. The second kappa shape index (κ2) is 13.9. The van der Waals surface area contributed by atoms with Crippen molar-refractivity contribution in [2.75, 3.05) is 27.3 Å². The highest BCUT2D eigenvalue weighted by atomic mass is 16.7. The number of ether oxygens (including phenoxy) is 3. The lowest BCUT2D eigenvalue weighted by Crippen LogP contribution is -2.53. The van der Waals surface area contributed by atoms with Crippen molar-refractivity contribution in [3.63, 3.8) is 0 Å². The molecule has 0 aliphatic carbocycles. The smallest absolute Gasteiger partial charge is 0.158 e. The first-order chi connectivity index (χ1) is 14.9. The first-order valence-electron chi connectivity index (χ1n) is 11.9. The largest absolute Gasteiger partial charge is 0.393 e. The third kappa shape index (κ3) is 10.1. The van der Waals surface area contributed by atoms with Gasteiger partial charge in [0.1, 0.15) is 18.1 Å². The zero-order valence-electron chi connectivity index (χ0n) is 21.1. The molecule has 8 nitrogen and oxygen atoms in total. The predicted molar refractivity (Wildman–Crippen MR) is 123 cm³/mol. The second-order valence-corrected chi connectivity index (χ2v) is 10.3. The van der Waals surface area contributed by atoms with Gasteiger partial charge in [0.25, 0.3) is 0 Å². The van der Waals surface area contributed by atoms with Gasteiger partial charge in [-0.25, -0.2) is 0 Å². The third-order valence-electron chi connectivity index (χ3n) is 6.31. The Morgan fingerprint density at radius 2 is 1.88 bits per heavy atom. The number of aldehydes is 1. The highest BCUT2D eigenvalue weighted by molar-refractivity contribution is 5.53. The van der Waals surface area contributed by atoms with E-state index in [0.29, 0.717) is 31.7 Å². The number of likely N-dealkylation sites (N-methyl/N-ethyl adjacent to an activating group) is 1. The Hall–Kier alpha value is -0.610. The average molecular weight is 462 g/mol. The Balaban J connectivity index is 2.52. The molecule has 0 saturated carbocycles. The fourth-order valence-corrected chi connectivity index (χ4v) is 4.63. The number of hydrogen-bond acceptors (Lipinski definition) is 8. The molecule has 8 heteroatoms. The van der Waals surface area contributed by atoms with E-state index in [1.165, 1.54) is 14.0 Å². The lowest BCUT2D eigenvalue weighted by molar-refractivity contribution is -0.227. The third-order valence-corrected chi connectivity index (χ3v) is 6.31. The molecule has 1 aliphatic heterocycles. The maximum Gasteiger partial charge on any atom is 0.158 e. The minimum Gasteiger partial charge on any atom is -0.393 e. The highest BCUT2D eigenvalue weighted by Crippen LogP contribution is 2.28. The molecule has 0 amide bonds. The van der Waals surface area contributed by atoms with Crippen LogP contribution in [0, 0.1) is 17.8 Å². The standard InChI is InChI=1S/C24H47NO7/c1-16-10-19(4)31-22(12-16)32-21(18(3)14-26)9-8-20(27)11-17(2)13-25(6)23(28)24(5,29)15-30-7/h14,16-23,27-29H,8-13,15H2,1-7H3/t16?,17?,18?,19?,20?,21-,22-,23?,24+/m0/s1. The Bertz CT molecular complexity index is 522. The fourth-order valence-electron chi connectivity index (χ4n) is 4.63. The van der Waals surface area contributed by atoms with E-state index < -0.39 is 17.9 Å². The molecule has 0 spiro atoms. The molecule has 0 bridgehead atoms. The second-order valence-electron chi connectivity index (χ2n) is 10.3. The number of rotatable bonds is 15. The molecular weight excluding hydrogens is 414 g/mol. The van der Waals surface area contributed by atoms with Crippen LogP contribution in [0.4, 0.5) is 0 Å². The summed E-state index contributed by atoms with van der Waals surface area (Å²) in [7, 11) is 3.21. The van der Waals surface area contributed by atoms with E-state index >= 15 is 0 Å². The van der Waals surface area contributed by atoms with Crippen LogP contribution in [-0.4, -0.2) is 90.2 Å². The monoisotopic (exact) mass is 461 g/mol. The predicted octanol–water partition coefficient (Wildman–Crippen LogP) is 2.18. The van der Waals surface area contributed by atoms with Gasteiger partial charge in [-0.15, -0.1) is 0 Å². The van der Waals surface area contributed by atoms with Crippen molar-refractivity contribution in [3.05, 3.63) is 0 Å². The van der Waals surface area contributed by atoms with Gasteiger partial charge in [0.2, 0.25) is 0 Å². The minimum absolute atomic E-state index is 0.0219. The van der Waals surface area contributed by atoms with E-state index in [-0.39, 0.29) is 36.9 Å². The van der Waals surface area contributed by atoms with Crippen molar-refractivity contribution in [2.24, 2.45) is 17.8 Å². The van der Waals surface area contributed by atoms with Crippen molar-refractivity contribution in [2.45, 2.75) is 103 Å². The molecule has 0 aromatic carbocycles. The first-order valence-corrected chi connectivity index (χ1v) is 11.9. The molecule has 1 saturated heterocycles. The molecule has 3 N–H and O–H groups in total. The normalized spacial score (nSPS) is 28.5. The van der Waals surface area contributed by atoms with Gasteiger partial charge in [0, 0.05) is 26.0 Å². The quantitative estimate of drug-likeness (QED) is 0.252. The maximum atomic E-state index is 11.4. The summed E-state index contributed by atoms with van der Waals surface area (Å²) in [5.41, 5.74) is -1.38. The van der Waals surface area contributed by atoms with E-state index in [1.54, 1.807) is 11.9 Å². The molecule has 1 fully saturated rings. The lowest BCUT2D eigenvalue weighted by atomic mass is 9.94. The van der Waals surface area contributed by atoms with Crippen LogP contribution in [0.3, 0.4) is 0 Å². The van der Waals surface area contributed by atoms with Gasteiger partial charge in [-0.3, -0.25) is 4.90 Å². The molecule has 1 rings (SSSR count). The number of aliphatic hydroxyl groups excluding tert-OH is 2. The topological polar surface area (TPSA) is 109 Å². The number of aliphatic hydroxyl groups is 3. The summed E-state index contributed by atoms with van der Waals surface area (Å²) >= 11 is 0. The zero-order chi connectivity index (χ0) is 24.5. The number of carbonyl (C=O) groups excluding carboxylic acids is 1. The summed E-state index contributed by atoms with van der Waals surface area (Å²) < 4.78 is 17.0. The van der Waals surface area contributed by atoms with Crippen molar-refractivity contribution >= 4 is 6.29 Å². The van der Waals surface area contributed by atoms with Crippen LogP contribution < -0.4 is 0 Å². The van der Waals surface area contributed by atoms with Crippen LogP contribution in [0.2, 0.25) is 0 Å². The van der Waals surface area contributed by atoms with Crippen LogP contribution in [0.25, 0.3) is 0 Å². The van der Waals surface area contributed by atoms with E-state index in [2.05, 4.69) is 6.92 Å². The molecule has 0 aromatic heterocycles. The number of methoxy groups -OCH3 is 1. The van der Waals surface area contributed by atoms with Gasteiger partial charge >= 0.3 is 0 Å². The van der Waals surface area contributed by atoms with Gasteiger partial charge in [0.15, 0.2) is 6.29 Å². The molecule has 0 aromatic rings. The molecule has 6 unspecified atom stereocenters. The van der Waals surface area contributed by atoms with Crippen LogP contribution >= 0.6 is 0 Å². The minimum atomic E-state index is -1.38. The van der Waals surface area contributed by atoms with Crippen molar-refractivity contribution in [1.29, 1.82) is 0 Å². The molecular formula is C24H47NO7. The van der Waals surface area contributed by atoms with E-state index in [4.69, 9.17) is 14.2 Å². The average Bonchev–Trinajstić information content (AvgIpc) is 2.68. The summed E-state index contributed by atoms with van der Waals surface area (Å²) in [6.07, 6.45) is 2.24. The van der Waals surface area contributed by atoms with Crippen LogP contribution in [0.5, 0.6) is 0 Å². The van der Waals surface area contributed by atoms with E-state index in [9.17, 15) is 20.1 Å². The molecule has 9 atom stereocenters. The van der Waals surface area contributed by atoms with Gasteiger partial charge < -0.3 is 34.3 Å². The Morgan fingerprint density at radius 1 is 1.22 bits per heavy atom. The Kier molecular flexibility index (Phi) is 12.8. The van der Waals surface area contributed by atoms with E-state index in [1.807, 2.05) is 20.8 Å². The summed E-state index contributed by atoms with van der Waals surface area (Å²) in [5, 5.41) is 31.3. The fraction of sp³-hybridized carbons (Fsp3) is 0.958. The van der Waals surface area contributed by atoms with Crippen LogP contribution in [0.15, 0.2) is 0 Å². The zero-order valence-corrected chi connectivity index (χ0v) is 21.1.